The van der Waals surface area contributed by atoms with Crippen molar-refractivity contribution in [2.75, 3.05) is 25.1 Å². The van der Waals surface area contributed by atoms with Gasteiger partial charge in [0.25, 0.3) is 5.91 Å². The van der Waals surface area contributed by atoms with Gasteiger partial charge in [-0.1, -0.05) is 48.0 Å². The Labute approximate surface area is 192 Å². The summed E-state index contributed by atoms with van der Waals surface area (Å²) in [6.45, 7) is 2.52. The number of halogens is 1. The normalized spacial score (nSPS) is 13.1. The van der Waals surface area contributed by atoms with E-state index in [-0.39, 0.29) is 16.6 Å². The van der Waals surface area contributed by atoms with Crippen molar-refractivity contribution in [1.29, 1.82) is 0 Å². The van der Waals surface area contributed by atoms with Crippen LogP contribution >= 0.6 is 11.6 Å². The molecule has 3 aromatic rings. The molecule has 1 amide bonds. The number of benzene rings is 2. The summed E-state index contributed by atoms with van der Waals surface area (Å²) in [5.74, 6) is 1.43. The number of carbonyl (C=O) groups is 1. The molecule has 8 heteroatoms. The van der Waals surface area contributed by atoms with E-state index in [1.54, 1.807) is 7.11 Å². The molecule has 1 aliphatic heterocycles. The summed E-state index contributed by atoms with van der Waals surface area (Å²) < 4.78 is 11.4. The summed E-state index contributed by atoms with van der Waals surface area (Å²) in [6, 6.07) is 15.5. The zero-order valence-electron chi connectivity index (χ0n) is 17.9. The molecule has 0 aliphatic carbocycles. The number of nitrogens with one attached hydrogen (secondary N) is 1. The van der Waals surface area contributed by atoms with E-state index in [0.717, 1.165) is 37.1 Å². The first-order chi connectivity index (χ1) is 15.6. The van der Waals surface area contributed by atoms with Gasteiger partial charge in [0.05, 0.1) is 18.3 Å². The van der Waals surface area contributed by atoms with Gasteiger partial charge in [0, 0.05) is 19.6 Å². The molecule has 7 nitrogen and oxygen atoms in total. The molecule has 1 fully saturated rings. The number of amides is 1. The van der Waals surface area contributed by atoms with Gasteiger partial charge in [0.1, 0.15) is 6.61 Å². The highest BCUT2D eigenvalue weighted by Crippen LogP contribution is 2.29. The number of rotatable bonds is 8. The molecule has 166 valence electrons. The molecule has 0 spiro atoms. The summed E-state index contributed by atoms with van der Waals surface area (Å²) >= 11 is 6.19. The van der Waals surface area contributed by atoms with Crippen molar-refractivity contribution in [2.45, 2.75) is 26.0 Å². The topological polar surface area (TPSA) is 76.6 Å². The third-order valence-corrected chi connectivity index (χ3v) is 5.53. The van der Waals surface area contributed by atoms with E-state index in [1.165, 1.54) is 6.20 Å². The molecule has 2 aromatic carbocycles. The maximum absolute atomic E-state index is 12.7. The number of aromatic nitrogens is 2. The second-order valence-corrected chi connectivity index (χ2v) is 7.91. The summed E-state index contributed by atoms with van der Waals surface area (Å²) in [6.07, 6.45) is 3.68. The lowest BCUT2D eigenvalue weighted by molar-refractivity contribution is 0.0946. The van der Waals surface area contributed by atoms with Crippen molar-refractivity contribution in [3.8, 4) is 11.5 Å². The monoisotopic (exact) mass is 452 g/mol. The molecule has 0 bridgehead atoms. The van der Waals surface area contributed by atoms with Gasteiger partial charge in [0.15, 0.2) is 17.2 Å². The maximum Gasteiger partial charge on any atom is 0.271 e. The van der Waals surface area contributed by atoms with E-state index in [2.05, 4.69) is 20.2 Å². The molecule has 1 N–H and O–H groups in total. The quantitative estimate of drug-likeness (QED) is 0.550. The highest BCUT2D eigenvalue weighted by molar-refractivity contribution is 6.33. The predicted octanol–water partition coefficient (Wildman–Crippen LogP) is 4.25. The molecule has 0 atom stereocenters. The van der Waals surface area contributed by atoms with Crippen LogP contribution in [0.4, 0.5) is 5.95 Å². The van der Waals surface area contributed by atoms with Crippen molar-refractivity contribution in [1.82, 2.24) is 15.3 Å². The first-order valence-electron chi connectivity index (χ1n) is 10.5. The van der Waals surface area contributed by atoms with Crippen LogP contribution in [0.25, 0.3) is 0 Å². The van der Waals surface area contributed by atoms with Crippen molar-refractivity contribution in [3.05, 3.63) is 76.6 Å². The molecule has 4 rings (SSSR count). The van der Waals surface area contributed by atoms with Crippen LogP contribution in [0.2, 0.25) is 5.02 Å². The Morgan fingerprint density at radius 2 is 1.88 bits per heavy atom. The Bertz CT molecular complexity index is 1070. The second kappa shape index (κ2) is 10.3. The Morgan fingerprint density at radius 3 is 2.62 bits per heavy atom. The van der Waals surface area contributed by atoms with Crippen LogP contribution in [0.5, 0.6) is 11.5 Å². The van der Waals surface area contributed by atoms with Gasteiger partial charge in [-0.05, 0) is 36.1 Å². The van der Waals surface area contributed by atoms with Crippen molar-refractivity contribution in [2.24, 2.45) is 0 Å². The Hall–Kier alpha value is -3.32. The van der Waals surface area contributed by atoms with E-state index >= 15 is 0 Å². The number of hydrogen-bond donors (Lipinski definition) is 1. The van der Waals surface area contributed by atoms with Gasteiger partial charge in [-0.15, -0.1) is 0 Å². The third kappa shape index (κ3) is 5.29. The minimum atomic E-state index is -0.346. The smallest absolute Gasteiger partial charge is 0.271 e. The van der Waals surface area contributed by atoms with E-state index in [1.807, 2.05) is 48.5 Å². The fourth-order valence-corrected chi connectivity index (χ4v) is 3.71. The average molecular weight is 453 g/mol. The predicted molar refractivity (Wildman–Crippen MR) is 123 cm³/mol. The third-order valence-electron chi connectivity index (χ3n) is 5.25. The van der Waals surface area contributed by atoms with Gasteiger partial charge >= 0.3 is 0 Å². The standard InChI is InChI=1S/C24H25ClN4O3/c1-31-21-13-18(9-10-20(21)32-16-17-7-3-2-4-8-17)14-26-23(30)22-19(25)15-27-24(28-22)29-11-5-6-12-29/h2-4,7-10,13,15H,5-6,11-12,14,16H2,1H3,(H,26,30). The number of ether oxygens (including phenoxy) is 2. The SMILES string of the molecule is COc1cc(CNC(=O)c2nc(N3CCCC3)ncc2Cl)ccc1OCc1ccccc1. The van der Waals surface area contributed by atoms with Crippen LogP contribution < -0.4 is 19.7 Å². The van der Waals surface area contributed by atoms with Gasteiger partial charge in [-0.3, -0.25) is 4.79 Å². The van der Waals surface area contributed by atoms with Crippen LogP contribution in [0.1, 0.15) is 34.5 Å². The van der Waals surface area contributed by atoms with Gasteiger partial charge < -0.3 is 19.7 Å². The highest BCUT2D eigenvalue weighted by Gasteiger charge is 2.19. The molecule has 1 aromatic heterocycles. The number of carbonyl (C=O) groups excluding carboxylic acids is 1. The zero-order valence-corrected chi connectivity index (χ0v) is 18.6. The van der Waals surface area contributed by atoms with Gasteiger partial charge in [-0.25, -0.2) is 9.97 Å². The van der Waals surface area contributed by atoms with Crippen LogP contribution in [-0.4, -0.2) is 36.1 Å². The van der Waals surface area contributed by atoms with Crippen LogP contribution in [0, 0.1) is 0 Å². The van der Waals surface area contributed by atoms with Crippen molar-refractivity contribution in [3.63, 3.8) is 0 Å². The largest absolute Gasteiger partial charge is 0.493 e. The molecular weight excluding hydrogens is 428 g/mol. The molecule has 0 saturated carbocycles. The minimum absolute atomic E-state index is 0.179. The Kier molecular flexibility index (Phi) is 7.07. The maximum atomic E-state index is 12.7. The van der Waals surface area contributed by atoms with Gasteiger partial charge in [0.2, 0.25) is 5.95 Å². The molecule has 0 unspecified atom stereocenters. The highest BCUT2D eigenvalue weighted by atomic mass is 35.5. The summed E-state index contributed by atoms with van der Waals surface area (Å²) in [5, 5.41) is 3.10. The first-order valence-corrected chi connectivity index (χ1v) is 10.9. The lowest BCUT2D eigenvalue weighted by Crippen LogP contribution is -2.26. The minimum Gasteiger partial charge on any atom is -0.493 e. The summed E-state index contributed by atoms with van der Waals surface area (Å²) in [4.78, 5) is 23.4. The van der Waals surface area contributed by atoms with Crippen molar-refractivity contribution < 1.29 is 14.3 Å². The number of nitrogens with zero attached hydrogens (tertiary/aromatic N) is 3. The number of anilines is 1. The van der Waals surface area contributed by atoms with Crippen LogP contribution in [0.15, 0.2) is 54.7 Å². The molecule has 1 saturated heterocycles. The lowest BCUT2D eigenvalue weighted by atomic mass is 10.2. The first kappa shape index (κ1) is 21.9. The number of methoxy groups -OCH3 is 1. The Morgan fingerprint density at radius 1 is 1.09 bits per heavy atom. The molecule has 1 aliphatic rings. The summed E-state index contributed by atoms with van der Waals surface area (Å²) in [5.41, 5.74) is 2.12. The molecule has 2 heterocycles. The summed E-state index contributed by atoms with van der Waals surface area (Å²) in [7, 11) is 1.59. The molecule has 32 heavy (non-hydrogen) atoms. The Balaban J connectivity index is 1.40. The van der Waals surface area contributed by atoms with Gasteiger partial charge in [-0.2, -0.15) is 0 Å². The lowest BCUT2D eigenvalue weighted by Gasteiger charge is -2.16. The van der Waals surface area contributed by atoms with Crippen molar-refractivity contribution >= 4 is 23.5 Å². The molecular formula is C24H25ClN4O3. The van der Waals surface area contributed by atoms with Crippen LogP contribution in [0.3, 0.4) is 0 Å². The van der Waals surface area contributed by atoms with E-state index in [9.17, 15) is 4.79 Å². The second-order valence-electron chi connectivity index (χ2n) is 7.50. The van der Waals surface area contributed by atoms with E-state index < -0.39 is 0 Å². The molecule has 0 radical (unpaired) electrons. The van der Waals surface area contributed by atoms with Crippen LogP contribution in [-0.2, 0) is 13.2 Å². The number of hydrogen-bond acceptors (Lipinski definition) is 6. The fourth-order valence-electron chi connectivity index (χ4n) is 3.53. The average Bonchev–Trinajstić information content (AvgIpc) is 3.37. The van der Waals surface area contributed by atoms with E-state index in [0.29, 0.717) is 30.6 Å². The fraction of sp³-hybridized carbons (Fsp3) is 0.292. The van der Waals surface area contributed by atoms with E-state index in [4.69, 9.17) is 21.1 Å². The zero-order chi connectivity index (χ0) is 22.3.